The van der Waals surface area contributed by atoms with E-state index in [1.807, 2.05) is 23.1 Å². The molecule has 0 radical (unpaired) electrons. The number of carbonyl (C=O) groups excluding carboxylic acids is 2. The van der Waals surface area contributed by atoms with E-state index in [1.54, 1.807) is 28.8 Å². The van der Waals surface area contributed by atoms with Gasteiger partial charge in [-0.1, -0.05) is 47.1 Å². The van der Waals surface area contributed by atoms with Crippen LogP contribution in [0.3, 0.4) is 0 Å². The summed E-state index contributed by atoms with van der Waals surface area (Å²) in [6.45, 7) is 1.16. The average molecular weight is 533 g/mol. The smallest absolute Gasteiger partial charge is 0.266 e. The number of piperidine rings is 1. The molecule has 2 amide bonds. The third kappa shape index (κ3) is 6.00. The zero-order valence-corrected chi connectivity index (χ0v) is 21.4. The Kier molecular flexibility index (Phi) is 8.36. The molecule has 3 aromatic rings. The molecule has 184 valence electrons. The summed E-state index contributed by atoms with van der Waals surface area (Å²) in [7, 11) is 0. The first-order valence-corrected chi connectivity index (χ1v) is 13.3. The van der Waals surface area contributed by atoms with Crippen molar-refractivity contribution in [2.75, 3.05) is 18.8 Å². The van der Waals surface area contributed by atoms with Gasteiger partial charge in [-0.15, -0.1) is 0 Å². The summed E-state index contributed by atoms with van der Waals surface area (Å²) < 4.78 is 1.56. The van der Waals surface area contributed by atoms with Crippen molar-refractivity contribution in [2.24, 2.45) is 11.7 Å². The van der Waals surface area contributed by atoms with Crippen LogP contribution < -0.4 is 11.3 Å². The van der Waals surface area contributed by atoms with Gasteiger partial charge in [-0.3, -0.25) is 19.0 Å². The molecule has 2 heterocycles. The highest BCUT2D eigenvalue weighted by molar-refractivity contribution is 7.99. The number of rotatable bonds is 8. The second-order valence-electron chi connectivity index (χ2n) is 8.51. The third-order valence-electron chi connectivity index (χ3n) is 6.17. The fraction of sp³-hybridized carbons (Fsp3) is 0.360. The molecule has 35 heavy (non-hydrogen) atoms. The predicted molar refractivity (Wildman–Crippen MR) is 140 cm³/mol. The standard InChI is InChI=1S/C25H26Cl2N4O3S/c26-19-9-8-17(15-20(19)27)31-24(34)18-5-1-2-6-21(18)29-25(31)35-14-4-3-7-22(32)30-12-10-16(11-13-30)23(28)33/h1-2,5-6,8-9,15-16H,3-4,7,10-14H2,(H2,28,33). The molecule has 4 rings (SSSR count). The molecular weight excluding hydrogens is 507 g/mol. The van der Waals surface area contributed by atoms with Crippen LogP contribution in [0.15, 0.2) is 52.4 Å². The van der Waals surface area contributed by atoms with Crippen LogP contribution >= 0.6 is 35.0 Å². The summed E-state index contributed by atoms with van der Waals surface area (Å²) in [4.78, 5) is 43.7. The largest absolute Gasteiger partial charge is 0.369 e. The minimum Gasteiger partial charge on any atom is -0.369 e. The van der Waals surface area contributed by atoms with Crippen LogP contribution in [-0.4, -0.2) is 45.1 Å². The summed E-state index contributed by atoms with van der Waals surface area (Å²) >= 11 is 13.8. The number of para-hydroxylation sites is 1. The number of unbranched alkanes of at least 4 members (excludes halogenated alkanes) is 1. The minimum absolute atomic E-state index is 0.106. The van der Waals surface area contributed by atoms with Gasteiger partial charge in [-0.05, 0) is 56.0 Å². The molecule has 0 saturated carbocycles. The number of nitrogens with zero attached hydrogens (tertiary/aromatic N) is 3. The van der Waals surface area contributed by atoms with Gasteiger partial charge in [0, 0.05) is 31.2 Å². The summed E-state index contributed by atoms with van der Waals surface area (Å²) in [5.74, 6) is 0.395. The quantitative estimate of drug-likeness (QED) is 0.258. The number of halogens is 2. The number of aromatic nitrogens is 2. The normalized spacial score (nSPS) is 14.4. The van der Waals surface area contributed by atoms with Gasteiger partial charge in [0.2, 0.25) is 11.8 Å². The van der Waals surface area contributed by atoms with Crippen molar-refractivity contribution in [3.05, 3.63) is 62.9 Å². The molecule has 10 heteroatoms. The van der Waals surface area contributed by atoms with E-state index in [0.29, 0.717) is 69.9 Å². The van der Waals surface area contributed by atoms with E-state index in [-0.39, 0.29) is 23.3 Å². The lowest BCUT2D eigenvalue weighted by Gasteiger charge is -2.30. The lowest BCUT2D eigenvalue weighted by molar-refractivity contribution is -0.134. The van der Waals surface area contributed by atoms with E-state index in [4.69, 9.17) is 33.9 Å². The summed E-state index contributed by atoms with van der Waals surface area (Å²) in [5, 5.41) is 1.86. The van der Waals surface area contributed by atoms with E-state index in [2.05, 4.69) is 0 Å². The van der Waals surface area contributed by atoms with Crippen molar-refractivity contribution in [3.63, 3.8) is 0 Å². The Morgan fingerprint density at radius 3 is 2.51 bits per heavy atom. The number of hydrogen-bond donors (Lipinski definition) is 1. The molecule has 7 nitrogen and oxygen atoms in total. The maximum atomic E-state index is 13.3. The maximum absolute atomic E-state index is 13.3. The lowest BCUT2D eigenvalue weighted by Crippen LogP contribution is -2.41. The van der Waals surface area contributed by atoms with E-state index in [9.17, 15) is 14.4 Å². The highest BCUT2D eigenvalue weighted by Gasteiger charge is 2.25. The number of thioether (sulfide) groups is 1. The second-order valence-corrected chi connectivity index (χ2v) is 10.4. The Bertz CT molecular complexity index is 1310. The Morgan fingerprint density at radius 1 is 1.06 bits per heavy atom. The van der Waals surface area contributed by atoms with Crippen molar-refractivity contribution in [3.8, 4) is 5.69 Å². The molecule has 1 aromatic heterocycles. The van der Waals surface area contributed by atoms with Gasteiger partial charge in [0.25, 0.3) is 5.56 Å². The van der Waals surface area contributed by atoms with Gasteiger partial charge >= 0.3 is 0 Å². The lowest BCUT2D eigenvalue weighted by atomic mass is 9.96. The number of benzene rings is 2. The minimum atomic E-state index is -0.282. The van der Waals surface area contributed by atoms with Crippen molar-refractivity contribution >= 4 is 57.7 Å². The van der Waals surface area contributed by atoms with E-state index < -0.39 is 0 Å². The Hall–Kier alpha value is -2.55. The number of primary amides is 1. The number of nitrogens with two attached hydrogens (primary N) is 1. The molecule has 0 spiro atoms. The Balaban J connectivity index is 1.41. The Morgan fingerprint density at radius 2 is 1.80 bits per heavy atom. The van der Waals surface area contributed by atoms with Crippen LogP contribution in [0.1, 0.15) is 32.1 Å². The number of fused-ring (bicyclic) bond motifs is 1. The van der Waals surface area contributed by atoms with E-state index in [1.165, 1.54) is 11.8 Å². The van der Waals surface area contributed by atoms with Crippen LogP contribution in [0.5, 0.6) is 0 Å². The van der Waals surface area contributed by atoms with E-state index in [0.717, 1.165) is 12.8 Å². The van der Waals surface area contributed by atoms with Crippen molar-refractivity contribution in [1.82, 2.24) is 14.5 Å². The first kappa shape index (κ1) is 25.5. The second kappa shape index (κ2) is 11.5. The molecule has 1 aliphatic rings. The van der Waals surface area contributed by atoms with Crippen molar-refractivity contribution in [1.29, 1.82) is 0 Å². The summed E-state index contributed by atoms with van der Waals surface area (Å²) in [6, 6.07) is 12.3. The fourth-order valence-corrected chi connectivity index (χ4v) is 5.48. The van der Waals surface area contributed by atoms with Crippen LogP contribution in [0.4, 0.5) is 0 Å². The van der Waals surface area contributed by atoms with Gasteiger partial charge < -0.3 is 10.6 Å². The van der Waals surface area contributed by atoms with E-state index >= 15 is 0 Å². The molecule has 0 bridgehead atoms. The number of amides is 2. The first-order chi connectivity index (χ1) is 16.8. The zero-order valence-electron chi connectivity index (χ0n) is 19.1. The summed E-state index contributed by atoms with van der Waals surface area (Å²) in [5.41, 5.74) is 6.42. The van der Waals surface area contributed by atoms with Crippen molar-refractivity contribution in [2.45, 2.75) is 37.3 Å². The molecule has 2 aromatic carbocycles. The SMILES string of the molecule is NC(=O)C1CCN(C(=O)CCCCSc2nc3ccccc3c(=O)n2-c2ccc(Cl)c(Cl)c2)CC1. The third-order valence-corrected chi connectivity index (χ3v) is 7.94. The molecule has 1 fully saturated rings. The average Bonchev–Trinajstić information content (AvgIpc) is 2.86. The molecular formula is C25H26Cl2N4O3S. The first-order valence-electron chi connectivity index (χ1n) is 11.5. The van der Waals surface area contributed by atoms with Crippen LogP contribution in [0.25, 0.3) is 16.6 Å². The highest BCUT2D eigenvalue weighted by Crippen LogP contribution is 2.27. The molecule has 1 saturated heterocycles. The maximum Gasteiger partial charge on any atom is 0.266 e. The van der Waals surface area contributed by atoms with Gasteiger partial charge in [0.1, 0.15) is 0 Å². The number of hydrogen-bond acceptors (Lipinski definition) is 5. The van der Waals surface area contributed by atoms with Crippen molar-refractivity contribution < 1.29 is 9.59 Å². The van der Waals surface area contributed by atoms with Gasteiger partial charge in [-0.2, -0.15) is 0 Å². The summed E-state index contributed by atoms with van der Waals surface area (Å²) in [6.07, 6.45) is 3.24. The topological polar surface area (TPSA) is 98.3 Å². The number of likely N-dealkylation sites (tertiary alicyclic amines) is 1. The van der Waals surface area contributed by atoms with Gasteiger partial charge in [0.05, 0.1) is 26.6 Å². The molecule has 0 aliphatic carbocycles. The van der Waals surface area contributed by atoms with Crippen LogP contribution in [0, 0.1) is 5.92 Å². The molecule has 0 unspecified atom stereocenters. The van der Waals surface area contributed by atoms with Gasteiger partial charge in [0.15, 0.2) is 5.16 Å². The predicted octanol–water partition coefficient (Wildman–Crippen LogP) is 4.68. The molecule has 1 aliphatic heterocycles. The number of carbonyl (C=O) groups is 2. The van der Waals surface area contributed by atoms with Crippen LogP contribution in [-0.2, 0) is 9.59 Å². The van der Waals surface area contributed by atoms with Gasteiger partial charge in [-0.25, -0.2) is 4.98 Å². The van der Waals surface area contributed by atoms with Crippen LogP contribution in [0.2, 0.25) is 10.0 Å². The highest BCUT2D eigenvalue weighted by atomic mass is 35.5. The monoisotopic (exact) mass is 532 g/mol. The molecule has 0 atom stereocenters. The zero-order chi connectivity index (χ0) is 24.9. The molecule has 2 N–H and O–H groups in total. The fourth-order valence-electron chi connectivity index (χ4n) is 4.17. The Labute approximate surface area is 217 Å².